The van der Waals surface area contributed by atoms with E-state index in [0.717, 1.165) is 54.9 Å². The fourth-order valence-electron chi connectivity index (χ4n) is 1.74. The van der Waals surface area contributed by atoms with E-state index in [1.165, 1.54) is 11.5 Å². The normalized spacial score (nSPS) is 17.5. The predicted octanol–water partition coefficient (Wildman–Crippen LogP) is 1.96. The van der Waals surface area contributed by atoms with E-state index in [9.17, 15) is 0 Å². The molecule has 0 radical (unpaired) electrons. The number of aromatic nitrogens is 2. The van der Waals surface area contributed by atoms with E-state index in [-0.39, 0.29) is 0 Å². The van der Waals surface area contributed by atoms with Crippen LogP contribution in [-0.2, 0) is 11.2 Å². The number of nitrogens with zero attached hydrogens (tertiary/aromatic N) is 2. The number of hydrogen-bond donors (Lipinski definition) is 1. The second-order valence-corrected chi connectivity index (χ2v) is 6.11. The molecule has 2 heterocycles. The van der Waals surface area contributed by atoms with Crippen molar-refractivity contribution in [2.24, 2.45) is 0 Å². The van der Waals surface area contributed by atoms with E-state index < -0.39 is 0 Å². The van der Waals surface area contributed by atoms with E-state index >= 15 is 0 Å². The molecule has 1 N–H and O–H groups in total. The first-order valence-corrected chi connectivity index (χ1v) is 7.91. The summed E-state index contributed by atoms with van der Waals surface area (Å²) in [7, 11) is 0. The van der Waals surface area contributed by atoms with Crippen molar-refractivity contribution >= 4 is 23.3 Å². The largest absolute Gasteiger partial charge is 0.381 e. The molecule has 0 aromatic carbocycles. The van der Waals surface area contributed by atoms with Crippen LogP contribution in [0.3, 0.4) is 0 Å². The van der Waals surface area contributed by atoms with Gasteiger partial charge < -0.3 is 10.1 Å². The SMILES string of the molecule is CCc1nsc(SCCNC2CCOCC2)n1. The van der Waals surface area contributed by atoms with Gasteiger partial charge in [-0.2, -0.15) is 4.37 Å². The summed E-state index contributed by atoms with van der Waals surface area (Å²) in [6.07, 6.45) is 3.21. The zero-order chi connectivity index (χ0) is 11.9. The molecule has 0 bridgehead atoms. The van der Waals surface area contributed by atoms with Gasteiger partial charge in [0.25, 0.3) is 0 Å². The van der Waals surface area contributed by atoms with Gasteiger partial charge in [-0.3, -0.25) is 0 Å². The van der Waals surface area contributed by atoms with Crippen LogP contribution in [0.4, 0.5) is 0 Å². The van der Waals surface area contributed by atoms with Crippen molar-refractivity contribution in [3.63, 3.8) is 0 Å². The summed E-state index contributed by atoms with van der Waals surface area (Å²) in [5, 5.41) is 3.57. The molecule has 96 valence electrons. The van der Waals surface area contributed by atoms with Gasteiger partial charge >= 0.3 is 0 Å². The lowest BCUT2D eigenvalue weighted by molar-refractivity contribution is 0.0786. The van der Waals surface area contributed by atoms with E-state index in [4.69, 9.17) is 4.74 Å². The average Bonchev–Trinajstić information content (AvgIpc) is 2.84. The van der Waals surface area contributed by atoms with E-state index in [1.807, 2.05) is 0 Å². The maximum Gasteiger partial charge on any atom is 0.170 e. The minimum Gasteiger partial charge on any atom is -0.381 e. The van der Waals surface area contributed by atoms with Crippen LogP contribution in [0.15, 0.2) is 4.34 Å². The summed E-state index contributed by atoms with van der Waals surface area (Å²) in [6, 6.07) is 0.643. The van der Waals surface area contributed by atoms with Gasteiger partial charge in [0.2, 0.25) is 0 Å². The van der Waals surface area contributed by atoms with Gasteiger partial charge in [0.15, 0.2) is 4.34 Å². The second-order valence-electron chi connectivity index (χ2n) is 4.02. The molecule has 0 spiro atoms. The predicted molar refractivity (Wildman–Crippen MR) is 71.9 cm³/mol. The lowest BCUT2D eigenvalue weighted by Crippen LogP contribution is -2.35. The zero-order valence-corrected chi connectivity index (χ0v) is 11.8. The summed E-state index contributed by atoms with van der Waals surface area (Å²) in [4.78, 5) is 4.44. The van der Waals surface area contributed by atoms with Crippen LogP contribution < -0.4 is 5.32 Å². The Labute approximate surface area is 111 Å². The summed E-state index contributed by atoms with van der Waals surface area (Å²) < 4.78 is 10.7. The first kappa shape index (κ1) is 13.3. The van der Waals surface area contributed by atoms with E-state index in [0.29, 0.717) is 6.04 Å². The van der Waals surface area contributed by atoms with Crippen LogP contribution in [0, 0.1) is 0 Å². The van der Waals surface area contributed by atoms with Gasteiger partial charge in [-0.25, -0.2) is 4.98 Å². The molecule has 1 saturated heterocycles. The van der Waals surface area contributed by atoms with Crippen molar-refractivity contribution in [3.8, 4) is 0 Å². The molecule has 2 rings (SSSR count). The quantitative estimate of drug-likeness (QED) is 0.634. The topological polar surface area (TPSA) is 47.0 Å². The van der Waals surface area contributed by atoms with Crippen LogP contribution in [0.2, 0.25) is 0 Å². The highest BCUT2D eigenvalue weighted by molar-refractivity contribution is 8.00. The van der Waals surface area contributed by atoms with Crippen LogP contribution in [0.1, 0.15) is 25.6 Å². The molecule has 17 heavy (non-hydrogen) atoms. The van der Waals surface area contributed by atoms with Gasteiger partial charge in [0.1, 0.15) is 5.82 Å². The molecule has 0 aliphatic carbocycles. The maximum absolute atomic E-state index is 5.33. The van der Waals surface area contributed by atoms with Crippen molar-refractivity contribution in [3.05, 3.63) is 5.82 Å². The van der Waals surface area contributed by atoms with Crippen molar-refractivity contribution in [2.75, 3.05) is 25.5 Å². The standard InChI is InChI=1S/C11H19N3OS2/c1-2-10-13-11(17-14-10)16-8-5-12-9-3-6-15-7-4-9/h9,12H,2-8H2,1H3. The van der Waals surface area contributed by atoms with Crippen molar-refractivity contribution < 1.29 is 4.74 Å². The van der Waals surface area contributed by atoms with Gasteiger partial charge in [0, 0.05) is 38.0 Å². The van der Waals surface area contributed by atoms with E-state index in [2.05, 4.69) is 21.6 Å². The van der Waals surface area contributed by atoms with Crippen LogP contribution in [0.25, 0.3) is 0 Å². The lowest BCUT2D eigenvalue weighted by Gasteiger charge is -2.22. The minimum atomic E-state index is 0.643. The number of ether oxygens (including phenoxy) is 1. The Morgan fingerprint density at radius 3 is 3.00 bits per heavy atom. The average molecular weight is 273 g/mol. The summed E-state index contributed by atoms with van der Waals surface area (Å²) in [5.74, 6) is 2.03. The van der Waals surface area contributed by atoms with Gasteiger partial charge in [0.05, 0.1) is 0 Å². The summed E-state index contributed by atoms with van der Waals surface area (Å²) in [5.41, 5.74) is 0. The van der Waals surface area contributed by atoms with Crippen LogP contribution >= 0.6 is 23.3 Å². The Hall–Kier alpha value is -0.170. The smallest absolute Gasteiger partial charge is 0.170 e. The molecule has 1 fully saturated rings. The molecule has 1 aliphatic heterocycles. The number of thioether (sulfide) groups is 1. The molecule has 0 atom stereocenters. The Bertz CT molecular complexity index is 326. The molecule has 0 saturated carbocycles. The number of nitrogens with one attached hydrogen (secondary N) is 1. The third kappa shape index (κ3) is 4.54. The monoisotopic (exact) mass is 273 g/mol. The number of rotatable bonds is 6. The molecule has 6 heteroatoms. The molecule has 0 unspecified atom stereocenters. The Kier molecular flexibility index (Phi) is 5.70. The van der Waals surface area contributed by atoms with Gasteiger partial charge in [-0.15, -0.1) is 0 Å². The second kappa shape index (κ2) is 7.31. The molecular weight excluding hydrogens is 254 g/mol. The molecule has 1 aromatic heterocycles. The Balaban J connectivity index is 1.59. The van der Waals surface area contributed by atoms with E-state index in [1.54, 1.807) is 11.8 Å². The Morgan fingerprint density at radius 1 is 1.47 bits per heavy atom. The summed E-state index contributed by atoms with van der Waals surface area (Å²) >= 11 is 3.31. The Morgan fingerprint density at radius 2 is 2.29 bits per heavy atom. The third-order valence-corrected chi connectivity index (χ3v) is 4.62. The zero-order valence-electron chi connectivity index (χ0n) is 10.1. The highest BCUT2D eigenvalue weighted by atomic mass is 32.2. The number of aryl methyl sites for hydroxylation is 1. The first-order chi connectivity index (χ1) is 8.38. The molecule has 4 nitrogen and oxygen atoms in total. The van der Waals surface area contributed by atoms with Gasteiger partial charge in [-0.1, -0.05) is 18.7 Å². The third-order valence-electron chi connectivity index (χ3n) is 2.75. The first-order valence-electron chi connectivity index (χ1n) is 6.15. The molecule has 1 aromatic rings. The fraction of sp³-hybridized carbons (Fsp3) is 0.818. The highest BCUT2D eigenvalue weighted by Gasteiger charge is 2.12. The van der Waals surface area contributed by atoms with Crippen molar-refractivity contribution in [2.45, 2.75) is 36.6 Å². The van der Waals surface area contributed by atoms with Crippen molar-refractivity contribution in [1.29, 1.82) is 0 Å². The minimum absolute atomic E-state index is 0.643. The summed E-state index contributed by atoms with van der Waals surface area (Å²) in [6.45, 7) is 4.93. The van der Waals surface area contributed by atoms with Crippen LogP contribution in [-0.4, -0.2) is 40.9 Å². The molecule has 0 amide bonds. The lowest BCUT2D eigenvalue weighted by atomic mass is 10.1. The maximum atomic E-state index is 5.33. The number of hydrogen-bond acceptors (Lipinski definition) is 6. The highest BCUT2D eigenvalue weighted by Crippen LogP contribution is 2.19. The fourth-order valence-corrected chi connectivity index (χ4v) is 3.38. The molecular formula is C11H19N3OS2. The van der Waals surface area contributed by atoms with Gasteiger partial charge in [-0.05, 0) is 24.4 Å². The van der Waals surface area contributed by atoms with Crippen LogP contribution in [0.5, 0.6) is 0 Å². The van der Waals surface area contributed by atoms with Crippen molar-refractivity contribution in [1.82, 2.24) is 14.7 Å². The molecule has 1 aliphatic rings.